The first-order chi connectivity index (χ1) is 9.81. The van der Waals surface area contributed by atoms with Crippen LogP contribution in [0.25, 0.3) is 10.9 Å². The summed E-state index contributed by atoms with van der Waals surface area (Å²) in [5.41, 5.74) is 2.30. The maximum absolute atomic E-state index is 4.43. The topological polar surface area (TPSA) is 28.2 Å². The normalized spacial score (nSPS) is 27.1. The molecule has 1 N–H and O–H groups in total. The van der Waals surface area contributed by atoms with Crippen molar-refractivity contribution in [1.82, 2.24) is 9.88 Å². The minimum atomic E-state index is 0.566. The van der Waals surface area contributed by atoms with Gasteiger partial charge < -0.3 is 5.32 Å². The largest absolute Gasteiger partial charge is 0.380 e. The highest BCUT2D eigenvalue weighted by molar-refractivity contribution is 5.91. The van der Waals surface area contributed by atoms with E-state index in [0.717, 1.165) is 11.6 Å². The van der Waals surface area contributed by atoms with Crippen molar-refractivity contribution >= 4 is 16.6 Å². The van der Waals surface area contributed by atoms with E-state index in [1.165, 1.54) is 36.9 Å². The maximum atomic E-state index is 4.43. The zero-order chi connectivity index (χ0) is 13.5. The van der Waals surface area contributed by atoms with Crippen molar-refractivity contribution in [3.63, 3.8) is 0 Å². The fourth-order valence-corrected chi connectivity index (χ4v) is 3.52. The Labute approximate surface area is 120 Å². The maximum Gasteiger partial charge on any atom is 0.0722 e. The zero-order valence-corrected chi connectivity index (χ0v) is 11.9. The van der Waals surface area contributed by atoms with Crippen LogP contribution in [0.15, 0.2) is 36.5 Å². The molecule has 1 aliphatic heterocycles. The summed E-state index contributed by atoms with van der Waals surface area (Å²) in [5.74, 6) is 0. The molecule has 0 radical (unpaired) electrons. The molecule has 1 aliphatic carbocycles. The van der Waals surface area contributed by atoms with Gasteiger partial charge in [0.15, 0.2) is 0 Å². The number of anilines is 1. The van der Waals surface area contributed by atoms with Crippen LogP contribution in [0.5, 0.6) is 0 Å². The summed E-state index contributed by atoms with van der Waals surface area (Å²) in [6, 6.07) is 12.7. The molecule has 2 aliphatic rings. The Bertz CT molecular complexity index is 615. The Kier molecular flexibility index (Phi) is 2.88. The number of hydrogen-bond acceptors (Lipinski definition) is 3. The van der Waals surface area contributed by atoms with Crippen molar-refractivity contribution in [2.45, 2.75) is 44.3 Å². The number of pyridine rings is 1. The molecule has 20 heavy (non-hydrogen) atoms. The lowest BCUT2D eigenvalue weighted by Crippen LogP contribution is -2.31. The van der Waals surface area contributed by atoms with Crippen LogP contribution in [0.1, 0.15) is 26.2 Å². The molecule has 2 unspecified atom stereocenters. The lowest BCUT2D eigenvalue weighted by atomic mass is 10.1. The Hall–Kier alpha value is -1.61. The second-order valence-electron chi connectivity index (χ2n) is 6.23. The monoisotopic (exact) mass is 267 g/mol. The van der Waals surface area contributed by atoms with Crippen LogP contribution in [-0.4, -0.2) is 34.6 Å². The number of fused-ring (bicyclic) bond motifs is 1. The highest BCUT2D eigenvalue weighted by Crippen LogP contribution is 2.34. The van der Waals surface area contributed by atoms with Crippen LogP contribution >= 0.6 is 0 Å². The van der Waals surface area contributed by atoms with E-state index in [1.807, 2.05) is 12.3 Å². The second-order valence-corrected chi connectivity index (χ2v) is 6.23. The van der Waals surface area contributed by atoms with Gasteiger partial charge in [0.25, 0.3) is 0 Å². The van der Waals surface area contributed by atoms with Gasteiger partial charge in [-0.25, -0.2) is 0 Å². The number of likely N-dealkylation sites (tertiary alicyclic amines) is 1. The van der Waals surface area contributed by atoms with Gasteiger partial charge in [0.1, 0.15) is 0 Å². The lowest BCUT2D eigenvalue weighted by Gasteiger charge is -2.20. The summed E-state index contributed by atoms with van der Waals surface area (Å²) < 4.78 is 0. The number of benzene rings is 1. The quantitative estimate of drug-likeness (QED) is 0.925. The van der Waals surface area contributed by atoms with Crippen molar-refractivity contribution < 1.29 is 0 Å². The van der Waals surface area contributed by atoms with Gasteiger partial charge in [-0.05, 0) is 50.5 Å². The van der Waals surface area contributed by atoms with Gasteiger partial charge in [-0.2, -0.15) is 0 Å². The highest BCUT2D eigenvalue weighted by Gasteiger charge is 2.38. The van der Waals surface area contributed by atoms with E-state index < -0.39 is 0 Å². The number of aromatic nitrogens is 1. The van der Waals surface area contributed by atoms with Crippen molar-refractivity contribution in [2.24, 2.45) is 0 Å². The molecule has 0 bridgehead atoms. The zero-order valence-electron chi connectivity index (χ0n) is 11.9. The van der Waals surface area contributed by atoms with Crippen molar-refractivity contribution in [3.8, 4) is 0 Å². The SMILES string of the molecule is CC1CC(Nc2cccc3ncccc23)CN1C1CC1. The van der Waals surface area contributed by atoms with Crippen LogP contribution in [0.3, 0.4) is 0 Å². The van der Waals surface area contributed by atoms with E-state index >= 15 is 0 Å². The Morgan fingerprint density at radius 2 is 2.10 bits per heavy atom. The Morgan fingerprint density at radius 1 is 1.20 bits per heavy atom. The van der Waals surface area contributed by atoms with E-state index in [1.54, 1.807) is 0 Å². The molecule has 0 amide bonds. The first-order valence-electron chi connectivity index (χ1n) is 7.67. The van der Waals surface area contributed by atoms with E-state index in [9.17, 15) is 0 Å². The minimum Gasteiger partial charge on any atom is -0.380 e. The first-order valence-corrected chi connectivity index (χ1v) is 7.67. The van der Waals surface area contributed by atoms with Gasteiger partial charge in [0.2, 0.25) is 0 Å². The second kappa shape index (κ2) is 4.74. The molecule has 0 spiro atoms. The van der Waals surface area contributed by atoms with Crippen LogP contribution in [-0.2, 0) is 0 Å². The standard InChI is InChI=1S/C17H21N3/c1-12-10-13(11-20(12)14-7-8-14)19-17-6-2-5-16-15(17)4-3-9-18-16/h2-6,9,12-14,19H,7-8,10-11H2,1H3. The van der Waals surface area contributed by atoms with Crippen LogP contribution < -0.4 is 5.32 Å². The summed E-state index contributed by atoms with van der Waals surface area (Å²) in [6.45, 7) is 3.55. The predicted octanol–water partition coefficient (Wildman–Crippen LogP) is 3.27. The summed E-state index contributed by atoms with van der Waals surface area (Å²) in [7, 11) is 0. The van der Waals surface area contributed by atoms with E-state index in [-0.39, 0.29) is 0 Å². The van der Waals surface area contributed by atoms with Crippen molar-refractivity contribution in [1.29, 1.82) is 0 Å². The van der Waals surface area contributed by atoms with Gasteiger partial charge in [-0.3, -0.25) is 9.88 Å². The van der Waals surface area contributed by atoms with Gasteiger partial charge in [0, 0.05) is 41.9 Å². The average Bonchev–Trinajstić information content (AvgIpc) is 3.24. The predicted molar refractivity (Wildman–Crippen MR) is 83.0 cm³/mol. The summed E-state index contributed by atoms with van der Waals surface area (Å²) >= 11 is 0. The molecule has 2 aromatic rings. The fourth-order valence-electron chi connectivity index (χ4n) is 3.52. The number of hydrogen-bond donors (Lipinski definition) is 1. The highest BCUT2D eigenvalue weighted by atomic mass is 15.3. The molecule has 104 valence electrons. The lowest BCUT2D eigenvalue weighted by molar-refractivity contribution is 0.257. The fraction of sp³-hybridized carbons (Fsp3) is 0.471. The summed E-state index contributed by atoms with van der Waals surface area (Å²) in [5, 5.41) is 4.97. The molecule has 4 rings (SSSR count). The molecule has 3 nitrogen and oxygen atoms in total. The van der Waals surface area contributed by atoms with E-state index in [4.69, 9.17) is 0 Å². The van der Waals surface area contributed by atoms with Crippen LogP contribution in [0, 0.1) is 0 Å². The van der Waals surface area contributed by atoms with Crippen molar-refractivity contribution in [2.75, 3.05) is 11.9 Å². The summed E-state index contributed by atoms with van der Waals surface area (Å²) in [6.07, 6.45) is 5.90. The molecular weight excluding hydrogens is 246 g/mol. The van der Waals surface area contributed by atoms with Gasteiger partial charge >= 0.3 is 0 Å². The van der Waals surface area contributed by atoms with Gasteiger partial charge in [-0.1, -0.05) is 6.07 Å². The third kappa shape index (κ3) is 2.16. The van der Waals surface area contributed by atoms with Gasteiger partial charge in [-0.15, -0.1) is 0 Å². The molecule has 3 heteroatoms. The number of rotatable bonds is 3. The van der Waals surface area contributed by atoms with Crippen LogP contribution in [0.2, 0.25) is 0 Å². The molecule has 1 aromatic heterocycles. The molecule has 1 saturated heterocycles. The van der Waals surface area contributed by atoms with Gasteiger partial charge in [0.05, 0.1) is 5.52 Å². The Morgan fingerprint density at radius 3 is 2.95 bits per heavy atom. The molecule has 2 heterocycles. The molecule has 1 aromatic carbocycles. The molecule has 2 fully saturated rings. The first kappa shape index (κ1) is 12.2. The minimum absolute atomic E-state index is 0.566. The van der Waals surface area contributed by atoms with Crippen LogP contribution in [0.4, 0.5) is 5.69 Å². The number of nitrogens with zero attached hydrogens (tertiary/aromatic N) is 2. The van der Waals surface area contributed by atoms with Crippen molar-refractivity contribution in [3.05, 3.63) is 36.5 Å². The molecular formula is C17H21N3. The molecule has 1 saturated carbocycles. The average molecular weight is 267 g/mol. The van der Waals surface area contributed by atoms with E-state index in [0.29, 0.717) is 12.1 Å². The smallest absolute Gasteiger partial charge is 0.0722 e. The van der Waals surface area contributed by atoms with E-state index in [2.05, 4.69) is 46.4 Å². The molecule has 2 atom stereocenters. The summed E-state index contributed by atoms with van der Waals surface area (Å²) in [4.78, 5) is 7.12. The Balaban J connectivity index is 1.56. The third-order valence-electron chi connectivity index (χ3n) is 4.64. The third-order valence-corrected chi connectivity index (χ3v) is 4.64. The number of nitrogens with one attached hydrogen (secondary N) is 1.